The molecule has 0 amide bonds. The Hall–Kier alpha value is -2.46. The van der Waals surface area contributed by atoms with E-state index in [4.69, 9.17) is 11.6 Å². The number of carbonyl (C=O) groups is 1. The number of rotatable bonds is 6. The number of halogens is 1. The van der Waals surface area contributed by atoms with Crippen molar-refractivity contribution in [3.8, 4) is 0 Å². The average molecular weight is 478 g/mol. The molecule has 8 nitrogen and oxygen atoms in total. The predicted octanol–water partition coefficient (Wildman–Crippen LogP) is 3.29. The molecule has 0 bridgehead atoms. The number of benzene rings is 1. The summed E-state index contributed by atoms with van der Waals surface area (Å²) >= 11 is 7.14. The van der Waals surface area contributed by atoms with Crippen LogP contribution in [-0.4, -0.2) is 63.2 Å². The number of anilines is 2. The van der Waals surface area contributed by atoms with Gasteiger partial charge in [-0.05, 0) is 39.2 Å². The van der Waals surface area contributed by atoms with E-state index in [1.807, 2.05) is 45.2 Å². The van der Waals surface area contributed by atoms with Crippen molar-refractivity contribution in [2.45, 2.75) is 18.9 Å². The summed E-state index contributed by atoms with van der Waals surface area (Å²) in [5.74, 6) is 1.60. The van der Waals surface area contributed by atoms with Gasteiger partial charge in [-0.25, -0.2) is 9.97 Å². The monoisotopic (exact) mass is 477 g/mol. The molecule has 1 saturated heterocycles. The highest BCUT2D eigenvalue weighted by Gasteiger charge is 2.14. The minimum absolute atomic E-state index is 0.476. The lowest BCUT2D eigenvalue weighted by Crippen LogP contribution is -2.44. The number of nitrogens with two attached hydrogens (primary N) is 1. The van der Waals surface area contributed by atoms with Crippen LogP contribution < -0.4 is 21.3 Å². The Kier molecular flexibility index (Phi) is 13.2. The molecular formula is C22H32ClN7OS. The van der Waals surface area contributed by atoms with Crippen molar-refractivity contribution in [2.75, 3.05) is 50.5 Å². The zero-order valence-electron chi connectivity index (χ0n) is 19.1. The molecule has 0 unspecified atom stereocenters. The summed E-state index contributed by atoms with van der Waals surface area (Å²) in [6.07, 6.45) is 2.18. The van der Waals surface area contributed by atoms with Gasteiger partial charge in [0.15, 0.2) is 6.29 Å². The quantitative estimate of drug-likeness (QED) is 0.191. The molecule has 2 heterocycles. The number of aromatic nitrogens is 2. The molecule has 0 atom stereocenters. The molecule has 0 saturated carbocycles. The Morgan fingerprint density at radius 2 is 2.00 bits per heavy atom. The molecule has 0 aliphatic carbocycles. The number of piperazine rings is 1. The van der Waals surface area contributed by atoms with E-state index in [0.717, 1.165) is 54.0 Å². The fraction of sp³-hybridized carbons (Fsp3) is 0.364. The van der Waals surface area contributed by atoms with Crippen molar-refractivity contribution in [3.05, 3.63) is 51.8 Å². The molecule has 1 aromatic heterocycles. The Morgan fingerprint density at radius 1 is 1.31 bits per heavy atom. The number of hydrogen-bond donors (Lipinski definition) is 3. The van der Waals surface area contributed by atoms with Crippen molar-refractivity contribution in [1.29, 1.82) is 0 Å². The number of hydrogen-bond acceptors (Lipinski definition) is 9. The normalized spacial score (nSPS) is 13.2. The Balaban J connectivity index is 0.000000358. The highest BCUT2D eigenvalue weighted by Crippen LogP contribution is 2.26. The summed E-state index contributed by atoms with van der Waals surface area (Å²) in [6, 6.07) is 7.75. The number of allylic oxidation sites excluding steroid dienone is 1. The second-order valence-corrected chi connectivity index (χ2v) is 7.97. The van der Waals surface area contributed by atoms with Crippen molar-refractivity contribution in [2.24, 2.45) is 10.7 Å². The van der Waals surface area contributed by atoms with Crippen LogP contribution in [0.25, 0.3) is 0 Å². The van der Waals surface area contributed by atoms with Crippen LogP contribution in [0.15, 0.2) is 45.4 Å². The van der Waals surface area contributed by atoms with Gasteiger partial charge in [0.25, 0.3) is 0 Å². The summed E-state index contributed by atoms with van der Waals surface area (Å²) in [6.45, 7) is 11.0. The first kappa shape index (κ1) is 27.6. The van der Waals surface area contributed by atoms with Gasteiger partial charge in [-0.15, -0.1) is 0 Å². The highest BCUT2D eigenvalue weighted by molar-refractivity contribution is 8.03. The zero-order chi connectivity index (χ0) is 23.9. The number of para-hydroxylation sites is 1. The topological polar surface area (TPSA) is 109 Å². The van der Waals surface area contributed by atoms with Crippen LogP contribution >= 0.6 is 23.4 Å². The van der Waals surface area contributed by atoms with Crippen molar-refractivity contribution in [1.82, 2.24) is 15.3 Å². The Labute approximate surface area is 199 Å². The third-order valence-electron chi connectivity index (χ3n) is 4.27. The van der Waals surface area contributed by atoms with Crippen LogP contribution in [0.5, 0.6) is 0 Å². The summed E-state index contributed by atoms with van der Waals surface area (Å²) in [7, 11) is 3.37. The highest BCUT2D eigenvalue weighted by atomic mass is 35.5. The van der Waals surface area contributed by atoms with Crippen LogP contribution in [0.4, 0.5) is 11.5 Å². The molecule has 32 heavy (non-hydrogen) atoms. The van der Waals surface area contributed by atoms with Gasteiger partial charge in [-0.3, -0.25) is 9.79 Å². The van der Waals surface area contributed by atoms with Crippen molar-refractivity contribution >= 4 is 47.9 Å². The van der Waals surface area contributed by atoms with E-state index < -0.39 is 0 Å². The van der Waals surface area contributed by atoms with Gasteiger partial charge in [0.05, 0.1) is 15.6 Å². The van der Waals surface area contributed by atoms with Crippen LogP contribution in [-0.2, 0) is 4.79 Å². The molecule has 0 radical (unpaired) electrons. The molecule has 2 aromatic rings. The zero-order valence-corrected chi connectivity index (χ0v) is 20.6. The van der Waals surface area contributed by atoms with Crippen LogP contribution in [0, 0.1) is 13.8 Å². The average Bonchev–Trinajstić information content (AvgIpc) is 2.81. The summed E-state index contributed by atoms with van der Waals surface area (Å²) in [5.41, 5.74) is 6.69. The fourth-order valence-electron chi connectivity index (χ4n) is 2.87. The maximum atomic E-state index is 10.9. The van der Waals surface area contributed by atoms with E-state index in [-0.39, 0.29) is 0 Å². The fourth-order valence-corrected chi connectivity index (χ4v) is 3.95. The van der Waals surface area contributed by atoms with Gasteiger partial charge in [0.1, 0.15) is 16.7 Å². The van der Waals surface area contributed by atoms with Gasteiger partial charge in [0.2, 0.25) is 0 Å². The predicted molar refractivity (Wildman–Crippen MR) is 137 cm³/mol. The van der Waals surface area contributed by atoms with Crippen LogP contribution in [0.3, 0.4) is 0 Å². The lowest BCUT2D eigenvalue weighted by molar-refractivity contribution is -0.104. The maximum absolute atomic E-state index is 10.9. The van der Waals surface area contributed by atoms with Gasteiger partial charge in [-0.1, -0.05) is 35.5 Å². The lowest BCUT2D eigenvalue weighted by Gasteiger charge is -2.28. The number of nitrogens with one attached hydrogen (secondary N) is 2. The molecule has 174 valence electrons. The number of carbonyl (C=O) groups excluding carboxylic acids is 1. The van der Waals surface area contributed by atoms with E-state index in [2.05, 4.69) is 42.9 Å². The number of thioether (sulfide) groups is 1. The Bertz CT molecular complexity index is 882. The molecule has 1 aliphatic heterocycles. The molecule has 1 aliphatic rings. The summed E-state index contributed by atoms with van der Waals surface area (Å²) in [5, 5.41) is 7.86. The minimum Gasteiger partial charge on any atom is -0.387 e. The maximum Gasteiger partial charge on any atom is 0.158 e. The van der Waals surface area contributed by atoms with Crippen molar-refractivity contribution < 1.29 is 4.79 Å². The van der Waals surface area contributed by atoms with E-state index in [9.17, 15) is 4.79 Å². The third kappa shape index (κ3) is 8.96. The van der Waals surface area contributed by atoms with E-state index in [0.29, 0.717) is 10.7 Å². The molecular weight excluding hydrogens is 446 g/mol. The SMILES string of the molecule is C=N/C=C(/C=O)Sc1cc(N2CCNCC2)nc(C)n1.CN.CNc1c(C)cccc1Cl. The van der Waals surface area contributed by atoms with Gasteiger partial charge < -0.3 is 21.3 Å². The summed E-state index contributed by atoms with van der Waals surface area (Å²) < 4.78 is 0. The summed E-state index contributed by atoms with van der Waals surface area (Å²) in [4.78, 5) is 26.0. The number of aliphatic imine (C=N–C) groups is 1. The Morgan fingerprint density at radius 3 is 2.53 bits per heavy atom. The molecule has 3 rings (SSSR count). The first-order chi connectivity index (χ1) is 15.5. The van der Waals surface area contributed by atoms with Crippen LogP contribution in [0.2, 0.25) is 5.02 Å². The first-order valence-electron chi connectivity index (χ1n) is 10.1. The molecule has 4 N–H and O–H groups in total. The molecule has 1 aromatic carbocycles. The molecule has 1 fully saturated rings. The molecule has 0 spiro atoms. The van der Waals surface area contributed by atoms with E-state index in [1.54, 1.807) is 0 Å². The number of aldehydes is 1. The van der Waals surface area contributed by atoms with E-state index in [1.165, 1.54) is 30.6 Å². The smallest absolute Gasteiger partial charge is 0.158 e. The molecule has 10 heteroatoms. The van der Waals surface area contributed by atoms with Crippen molar-refractivity contribution in [3.63, 3.8) is 0 Å². The first-order valence-corrected chi connectivity index (χ1v) is 11.3. The van der Waals surface area contributed by atoms with E-state index >= 15 is 0 Å². The van der Waals surface area contributed by atoms with Gasteiger partial charge in [-0.2, -0.15) is 0 Å². The largest absolute Gasteiger partial charge is 0.387 e. The van der Waals surface area contributed by atoms with Gasteiger partial charge >= 0.3 is 0 Å². The number of aryl methyl sites for hydroxylation is 2. The third-order valence-corrected chi connectivity index (χ3v) is 5.44. The lowest BCUT2D eigenvalue weighted by atomic mass is 10.2. The standard InChI is InChI=1S/C13H17N5OS.C8H10ClN.CH5N/c1-10-16-12(18-5-3-15-4-6-18)7-13(17-10)20-11(9-19)8-14-2;1-6-4-3-5-7(9)8(6)10-2;1-2/h7-9,15H,2-6H2,1H3;3-5,10H,1-2H3;2H2,1H3/b11-8-;;. The van der Waals surface area contributed by atoms with Gasteiger partial charge in [0, 0.05) is 45.5 Å². The second kappa shape index (κ2) is 15.4. The number of nitrogens with zero attached hydrogens (tertiary/aromatic N) is 4. The minimum atomic E-state index is 0.476. The van der Waals surface area contributed by atoms with Crippen LogP contribution in [0.1, 0.15) is 11.4 Å². The second-order valence-electron chi connectivity index (χ2n) is 6.46.